The van der Waals surface area contributed by atoms with Crippen molar-refractivity contribution in [2.45, 2.75) is 11.8 Å². The topological polar surface area (TPSA) is 103 Å². The number of sulfonamides is 1. The van der Waals surface area contributed by atoms with E-state index < -0.39 is 16.0 Å². The molecule has 1 aromatic heterocycles. The Kier molecular flexibility index (Phi) is 6.19. The highest BCUT2D eigenvalue weighted by molar-refractivity contribution is 7.92. The zero-order valence-electron chi connectivity index (χ0n) is 16.2. The minimum absolute atomic E-state index is 0.0824. The van der Waals surface area contributed by atoms with Crippen LogP contribution in [0.25, 0.3) is 0 Å². The fraction of sp³-hybridized carbons (Fsp3) is 0.300. The van der Waals surface area contributed by atoms with Crippen molar-refractivity contribution in [3.8, 4) is 0 Å². The number of hydrogen-bond acceptors (Lipinski definition) is 6. The number of aromatic nitrogens is 1. The molecule has 0 radical (unpaired) electrons. The van der Waals surface area contributed by atoms with Gasteiger partial charge in [0.1, 0.15) is 0 Å². The van der Waals surface area contributed by atoms with Crippen molar-refractivity contribution in [3.63, 3.8) is 0 Å². The maximum absolute atomic E-state index is 12.9. The third-order valence-electron chi connectivity index (χ3n) is 4.72. The molecule has 1 fully saturated rings. The van der Waals surface area contributed by atoms with Gasteiger partial charge in [-0.05, 0) is 30.7 Å². The van der Waals surface area contributed by atoms with Crippen LogP contribution in [0, 0.1) is 6.92 Å². The summed E-state index contributed by atoms with van der Waals surface area (Å²) >= 11 is 0. The van der Waals surface area contributed by atoms with Crippen molar-refractivity contribution < 1.29 is 18.3 Å². The number of rotatable bonds is 7. The first-order chi connectivity index (χ1) is 13.8. The summed E-state index contributed by atoms with van der Waals surface area (Å²) in [6, 6.07) is 7.84. The molecule has 29 heavy (non-hydrogen) atoms. The Labute approximate surface area is 170 Å². The number of nitrogens with one attached hydrogen (secondary N) is 1. The summed E-state index contributed by atoms with van der Waals surface area (Å²) in [6.45, 7) is 9.18. The average molecular weight is 417 g/mol. The number of piperazine rings is 1. The molecule has 0 amide bonds. The number of carboxylic acids is 1. The number of nitrogens with zero attached hydrogens (tertiary/aromatic N) is 3. The van der Waals surface area contributed by atoms with Gasteiger partial charge in [0, 0.05) is 38.9 Å². The van der Waals surface area contributed by atoms with E-state index in [1.807, 2.05) is 11.0 Å². The molecule has 0 saturated carbocycles. The lowest BCUT2D eigenvalue weighted by molar-refractivity contribution is 0.0696. The van der Waals surface area contributed by atoms with Crippen LogP contribution in [0.5, 0.6) is 0 Å². The summed E-state index contributed by atoms with van der Waals surface area (Å²) in [5, 5.41) is 9.31. The van der Waals surface area contributed by atoms with E-state index in [1.54, 1.807) is 25.1 Å². The first-order valence-corrected chi connectivity index (χ1v) is 10.7. The van der Waals surface area contributed by atoms with Crippen LogP contribution in [-0.2, 0) is 10.0 Å². The Balaban J connectivity index is 1.93. The monoisotopic (exact) mass is 416 g/mol. The lowest BCUT2D eigenvalue weighted by Gasteiger charge is -2.35. The number of anilines is 2. The van der Waals surface area contributed by atoms with Gasteiger partial charge < -0.3 is 10.0 Å². The number of carbonyl (C=O) groups is 1. The molecule has 1 saturated heterocycles. The molecular formula is C20H24N4O4S. The minimum atomic E-state index is -3.89. The largest absolute Gasteiger partial charge is 0.478 e. The Bertz CT molecular complexity index is 1010. The highest BCUT2D eigenvalue weighted by Crippen LogP contribution is 2.28. The smallest absolute Gasteiger partial charge is 0.337 e. The van der Waals surface area contributed by atoms with Gasteiger partial charge in [-0.1, -0.05) is 18.2 Å². The van der Waals surface area contributed by atoms with E-state index in [0.717, 1.165) is 25.2 Å². The van der Waals surface area contributed by atoms with Crippen molar-refractivity contribution in [2.75, 3.05) is 42.3 Å². The molecule has 0 atom stereocenters. The van der Waals surface area contributed by atoms with Gasteiger partial charge in [-0.25, -0.2) is 18.2 Å². The molecule has 1 aromatic carbocycles. The second-order valence-electron chi connectivity index (χ2n) is 6.90. The van der Waals surface area contributed by atoms with Crippen LogP contribution < -0.4 is 9.62 Å². The zero-order chi connectivity index (χ0) is 21.0. The van der Waals surface area contributed by atoms with E-state index >= 15 is 0 Å². The summed E-state index contributed by atoms with van der Waals surface area (Å²) < 4.78 is 28.3. The molecule has 0 aliphatic carbocycles. The van der Waals surface area contributed by atoms with Crippen molar-refractivity contribution >= 4 is 27.5 Å². The third-order valence-corrected chi connectivity index (χ3v) is 6.08. The molecule has 0 spiro atoms. The Hall–Kier alpha value is -2.91. The molecular weight excluding hydrogens is 392 g/mol. The van der Waals surface area contributed by atoms with E-state index in [1.165, 1.54) is 18.3 Å². The van der Waals surface area contributed by atoms with E-state index in [2.05, 4.69) is 21.2 Å². The number of pyridine rings is 1. The van der Waals surface area contributed by atoms with E-state index in [9.17, 15) is 18.3 Å². The number of hydrogen-bond donors (Lipinski definition) is 2. The van der Waals surface area contributed by atoms with Gasteiger partial charge in [0.15, 0.2) is 5.82 Å². The van der Waals surface area contributed by atoms with E-state index in [0.29, 0.717) is 18.9 Å². The maximum Gasteiger partial charge on any atom is 0.337 e. The van der Waals surface area contributed by atoms with Crippen molar-refractivity contribution in [2.24, 2.45) is 0 Å². The predicted molar refractivity (Wildman–Crippen MR) is 112 cm³/mol. The summed E-state index contributed by atoms with van der Waals surface area (Å²) in [6.07, 6.45) is 3.09. The molecule has 3 rings (SSSR count). The van der Waals surface area contributed by atoms with Crippen LogP contribution in [0.15, 0.2) is 54.1 Å². The average Bonchev–Trinajstić information content (AvgIpc) is 2.68. The first kappa shape index (κ1) is 20.8. The Morgan fingerprint density at radius 2 is 2.00 bits per heavy atom. The summed E-state index contributed by atoms with van der Waals surface area (Å²) in [5.41, 5.74) is 0.883. The Morgan fingerprint density at radius 1 is 1.28 bits per heavy atom. The lowest BCUT2D eigenvalue weighted by Crippen LogP contribution is -2.46. The number of carboxylic acid groups (broad SMARTS) is 1. The SMILES string of the molecule is C=CCN1CCN(c2ncc(C(=O)O)cc2NS(=O)(=O)c2cccc(C)c2)CC1. The van der Waals surface area contributed by atoms with Crippen LogP contribution in [0.4, 0.5) is 11.5 Å². The normalized spacial score (nSPS) is 15.1. The molecule has 0 bridgehead atoms. The second kappa shape index (κ2) is 8.62. The predicted octanol–water partition coefficient (Wildman–Crippen LogP) is 2.20. The molecule has 154 valence electrons. The van der Waals surface area contributed by atoms with Crippen molar-refractivity contribution in [3.05, 3.63) is 60.3 Å². The van der Waals surface area contributed by atoms with Crippen LogP contribution in [0.3, 0.4) is 0 Å². The number of aryl methyl sites for hydroxylation is 1. The Morgan fingerprint density at radius 3 is 2.62 bits per heavy atom. The lowest BCUT2D eigenvalue weighted by atomic mass is 10.2. The summed E-state index contributed by atoms with van der Waals surface area (Å²) in [4.78, 5) is 20.0. The number of benzene rings is 1. The zero-order valence-corrected chi connectivity index (χ0v) is 17.0. The van der Waals surface area contributed by atoms with E-state index in [4.69, 9.17) is 0 Å². The van der Waals surface area contributed by atoms with Gasteiger partial charge in [0.2, 0.25) is 0 Å². The van der Waals surface area contributed by atoms with Gasteiger partial charge in [0.05, 0.1) is 16.1 Å². The second-order valence-corrected chi connectivity index (χ2v) is 8.58. The van der Waals surface area contributed by atoms with Gasteiger partial charge in [0.25, 0.3) is 10.0 Å². The molecule has 2 aromatic rings. The van der Waals surface area contributed by atoms with Crippen molar-refractivity contribution in [1.29, 1.82) is 0 Å². The molecule has 0 unspecified atom stereocenters. The van der Waals surface area contributed by atoms with E-state index in [-0.39, 0.29) is 16.1 Å². The standard InChI is InChI=1S/C20H24N4O4S/c1-3-7-23-8-10-24(11-9-23)19-18(13-16(14-21-19)20(25)26)22-29(27,28)17-6-4-5-15(2)12-17/h3-6,12-14,22H,1,7-11H2,2H3,(H,25,26). The molecule has 8 nitrogen and oxygen atoms in total. The number of aromatic carboxylic acids is 1. The van der Waals surface area contributed by atoms with Gasteiger partial charge in [-0.3, -0.25) is 9.62 Å². The quantitative estimate of drug-likeness (QED) is 0.667. The first-order valence-electron chi connectivity index (χ1n) is 9.21. The molecule has 9 heteroatoms. The van der Waals surface area contributed by atoms with Gasteiger partial charge in [-0.15, -0.1) is 6.58 Å². The molecule has 2 N–H and O–H groups in total. The molecule has 2 heterocycles. The van der Waals surface area contributed by atoms with Crippen LogP contribution >= 0.6 is 0 Å². The van der Waals surface area contributed by atoms with Crippen LogP contribution in [-0.4, -0.2) is 62.1 Å². The van der Waals surface area contributed by atoms with Crippen LogP contribution in [0.2, 0.25) is 0 Å². The maximum atomic E-state index is 12.9. The highest BCUT2D eigenvalue weighted by Gasteiger charge is 2.24. The van der Waals surface area contributed by atoms with Crippen molar-refractivity contribution in [1.82, 2.24) is 9.88 Å². The molecule has 1 aliphatic heterocycles. The third kappa shape index (κ3) is 4.93. The highest BCUT2D eigenvalue weighted by atomic mass is 32.2. The minimum Gasteiger partial charge on any atom is -0.478 e. The van der Waals surface area contributed by atoms with Gasteiger partial charge in [-0.2, -0.15) is 0 Å². The summed E-state index contributed by atoms with van der Waals surface area (Å²) in [5.74, 6) is -0.750. The fourth-order valence-electron chi connectivity index (χ4n) is 3.21. The van der Waals surface area contributed by atoms with Gasteiger partial charge >= 0.3 is 5.97 Å². The molecule has 1 aliphatic rings. The fourth-order valence-corrected chi connectivity index (χ4v) is 4.37. The summed E-state index contributed by atoms with van der Waals surface area (Å²) in [7, 11) is -3.89. The van der Waals surface area contributed by atoms with Crippen LogP contribution in [0.1, 0.15) is 15.9 Å².